The molecule has 0 bridgehead atoms. The molecule has 0 spiro atoms. The zero-order valence-corrected chi connectivity index (χ0v) is 11.6. The van der Waals surface area contributed by atoms with Crippen LogP contribution in [0.1, 0.15) is 25.5 Å². The van der Waals surface area contributed by atoms with Crippen LogP contribution in [-0.2, 0) is 4.74 Å². The van der Waals surface area contributed by atoms with Gasteiger partial charge >= 0.3 is 0 Å². The lowest BCUT2D eigenvalue weighted by Crippen LogP contribution is -2.43. The van der Waals surface area contributed by atoms with Crippen LogP contribution in [0.4, 0.5) is 0 Å². The van der Waals surface area contributed by atoms with Gasteiger partial charge in [-0.2, -0.15) is 0 Å². The minimum Gasteiger partial charge on any atom is -0.367 e. The van der Waals surface area contributed by atoms with Gasteiger partial charge in [-0.3, -0.25) is 0 Å². The molecule has 1 aromatic rings. The van der Waals surface area contributed by atoms with Gasteiger partial charge in [0.05, 0.1) is 12.2 Å². The van der Waals surface area contributed by atoms with Crippen LogP contribution >= 0.6 is 23.2 Å². The summed E-state index contributed by atoms with van der Waals surface area (Å²) in [6, 6.07) is 5.56. The molecule has 0 saturated carbocycles. The SMILES string of the molecule is CC(C)C1CNCC(c2ccc(Cl)cc2Cl)O1. The van der Waals surface area contributed by atoms with Crippen molar-refractivity contribution in [2.75, 3.05) is 13.1 Å². The number of hydrogen-bond donors (Lipinski definition) is 1. The molecule has 94 valence electrons. The summed E-state index contributed by atoms with van der Waals surface area (Å²) < 4.78 is 6.06. The average Bonchev–Trinajstić information content (AvgIpc) is 2.29. The molecule has 0 amide bonds. The Morgan fingerprint density at radius 1 is 1.29 bits per heavy atom. The molecule has 1 heterocycles. The summed E-state index contributed by atoms with van der Waals surface area (Å²) in [5.41, 5.74) is 1.01. The maximum absolute atomic E-state index is 6.20. The summed E-state index contributed by atoms with van der Waals surface area (Å²) in [5.74, 6) is 0.497. The zero-order chi connectivity index (χ0) is 12.4. The second-order valence-corrected chi connectivity index (χ2v) is 5.57. The fourth-order valence-corrected chi connectivity index (χ4v) is 2.53. The van der Waals surface area contributed by atoms with E-state index in [1.807, 2.05) is 12.1 Å². The number of hydrogen-bond acceptors (Lipinski definition) is 2. The van der Waals surface area contributed by atoms with Crippen molar-refractivity contribution in [1.29, 1.82) is 0 Å². The number of morpholine rings is 1. The molecule has 1 N–H and O–H groups in total. The molecule has 2 unspecified atom stereocenters. The van der Waals surface area contributed by atoms with E-state index < -0.39 is 0 Å². The number of halogens is 2. The fraction of sp³-hybridized carbons (Fsp3) is 0.538. The smallest absolute Gasteiger partial charge is 0.0968 e. The summed E-state index contributed by atoms with van der Waals surface area (Å²) in [4.78, 5) is 0. The second kappa shape index (κ2) is 5.57. The van der Waals surface area contributed by atoms with E-state index >= 15 is 0 Å². The quantitative estimate of drug-likeness (QED) is 0.888. The monoisotopic (exact) mass is 273 g/mol. The predicted octanol–water partition coefficient (Wildman–Crippen LogP) is 3.68. The molecule has 1 fully saturated rings. The molecule has 0 aliphatic carbocycles. The van der Waals surface area contributed by atoms with E-state index in [0.717, 1.165) is 18.7 Å². The van der Waals surface area contributed by atoms with Gasteiger partial charge in [0.25, 0.3) is 0 Å². The number of nitrogens with one attached hydrogen (secondary N) is 1. The van der Waals surface area contributed by atoms with Crippen LogP contribution in [0.2, 0.25) is 10.0 Å². The minimum absolute atomic E-state index is 0.0147. The highest BCUT2D eigenvalue weighted by molar-refractivity contribution is 6.35. The van der Waals surface area contributed by atoms with Gasteiger partial charge < -0.3 is 10.1 Å². The molecule has 17 heavy (non-hydrogen) atoms. The van der Waals surface area contributed by atoms with Gasteiger partial charge in [0.1, 0.15) is 0 Å². The number of benzene rings is 1. The van der Waals surface area contributed by atoms with Crippen molar-refractivity contribution in [2.24, 2.45) is 5.92 Å². The van der Waals surface area contributed by atoms with Crippen molar-refractivity contribution in [2.45, 2.75) is 26.1 Å². The Morgan fingerprint density at radius 3 is 2.71 bits per heavy atom. The molecule has 4 heteroatoms. The van der Waals surface area contributed by atoms with E-state index in [-0.39, 0.29) is 12.2 Å². The molecule has 0 aromatic heterocycles. The molecule has 0 radical (unpaired) electrons. The van der Waals surface area contributed by atoms with Crippen LogP contribution in [0, 0.1) is 5.92 Å². The normalized spacial score (nSPS) is 25.2. The lowest BCUT2D eigenvalue weighted by molar-refractivity contribution is -0.0602. The first-order valence-electron chi connectivity index (χ1n) is 5.89. The first-order chi connectivity index (χ1) is 8.08. The van der Waals surface area contributed by atoms with Gasteiger partial charge in [-0.25, -0.2) is 0 Å². The molecule has 2 nitrogen and oxygen atoms in total. The van der Waals surface area contributed by atoms with Crippen LogP contribution in [-0.4, -0.2) is 19.2 Å². The van der Waals surface area contributed by atoms with Gasteiger partial charge in [0.15, 0.2) is 0 Å². The van der Waals surface area contributed by atoms with Gasteiger partial charge in [-0.1, -0.05) is 43.1 Å². The fourth-order valence-electron chi connectivity index (χ4n) is 2.00. The van der Waals surface area contributed by atoms with Gasteiger partial charge in [0, 0.05) is 28.7 Å². The maximum Gasteiger partial charge on any atom is 0.0968 e. The minimum atomic E-state index is 0.0147. The van der Waals surface area contributed by atoms with Gasteiger partial charge in [-0.15, -0.1) is 0 Å². The highest BCUT2D eigenvalue weighted by atomic mass is 35.5. The summed E-state index contributed by atoms with van der Waals surface area (Å²) in [6.45, 7) is 6.03. The van der Waals surface area contributed by atoms with E-state index in [1.54, 1.807) is 6.07 Å². The highest BCUT2D eigenvalue weighted by Crippen LogP contribution is 2.31. The topological polar surface area (TPSA) is 21.3 Å². The molecule has 1 aliphatic rings. The average molecular weight is 274 g/mol. The van der Waals surface area contributed by atoms with Crippen LogP contribution in [0.3, 0.4) is 0 Å². The van der Waals surface area contributed by atoms with E-state index in [2.05, 4.69) is 19.2 Å². The maximum atomic E-state index is 6.20. The summed E-state index contributed by atoms with van der Waals surface area (Å²) in [5, 5.41) is 4.72. The molecular weight excluding hydrogens is 257 g/mol. The third-order valence-corrected chi connectivity index (χ3v) is 3.63. The Hall–Kier alpha value is -0.280. The Bertz CT molecular complexity index is 395. The first kappa shape index (κ1) is 13.2. The Morgan fingerprint density at radius 2 is 2.06 bits per heavy atom. The van der Waals surface area contributed by atoms with Crippen molar-refractivity contribution in [3.05, 3.63) is 33.8 Å². The predicted molar refractivity (Wildman–Crippen MR) is 71.8 cm³/mol. The van der Waals surface area contributed by atoms with Crippen molar-refractivity contribution >= 4 is 23.2 Å². The largest absolute Gasteiger partial charge is 0.367 e. The van der Waals surface area contributed by atoms with Gasteiger partial charge in [-0.05, 0) is 18.1 Å². The van der Waals surface area contributed by atoms with E-state index in [4.69, 9.17) is 27.9 Å². The van der Waals surface area contributed by atoms with Crippen molar-refractivity contribution in [1.82, 2.24) is 5.32 Å². The molecule has 2 rings (SSSR count). The molecule has 1 saturated heterocycles. The van der Waals surface area contributed by atoms with Crippen molar-refractivity contribution < 1.29 is 4.74 Å². The third kappa shape index (κ3) is 3.14. The van der Waals surface area contributed by atoms with Crippen LogP contribution in [0.5, 0.6) is 0 Å². The molecule has 1 aliphatic heterocycles. The summed E-state index contributed by atoms with van der Waals surface area (Å²) in [7, 11) is 0. The third-order valence-electron chi connectivity index (χ3n) is 3.07. The van der Waals surface area contributed by atoms with Crippen LogP contribution in [0.15, 0.2) is 18.2 Å². The van der Waals surface area contributed by atoms with Crippen molar-refractivity contribution in [3.63, 3.8) is 0 Å². The standard InChI is InChI=1S/C13H17Cl2NO/c1-8(2)12-6-16-7-13(17-12)10-4-3-9(14)5-11(10)15/h3-5,8,12-13,16H,6-7H2,1-2H3. The summed E-state index contributed by atoms with van der Waals surface area (Å²) in [6.07, 6.45) is 0.251. The summed E-state index contributed by atoms with van der Waals surface area (Å²) >= 11 is 12.1. The van der Waals surface area contributed by atoms with Crippen LogP contribution < -0.4 is 5.32 Å². The lowest BCUT2D eigenvalue weighted by atomic mass is 10.0. The van der Waals surface area contributed by atoms with E-state index in [1.165, 1.54) is 0 Å². The molecule has 1 aromatic carbocycles. The highest BCUT2D eigenvalue weighted by Gasteiger charge is 2.26. The molecular formula is C13H17Cl2NO. The number of rotatable bonds is 2. The Kier molecular flexibility index (Phi) is 4.31. The Labute approximate surface area is 112 Å². The first-order valence-corrected chi connectivity index (χ1v) is 6.64. The Balaban J connectivity index is 2.16. The van der Waals surface area contributed by atoms with E-state index in [9.17, 15) is 0 Å². The van der Waals surface area contributed by atoms with E-state index in [0.29, 0.717) is 16.0 Å². The lowest BCUT2D eigenvalue weighted by Gasteiger charge is -2.33. The van der Waals surface area contributed by atoms with Gasteiger partial charge in [0.2, 0.25) is 0 Å². The second-order valence-electron chi connectivity index (χ2n) is 4.73. The zero-order valence-electron chi connectivity index (χ0n) is 10.0. The van der Waals surface area contributed by atoms with Crippen LogP contribution in [0.25, 0.3) is 0 Å². The molecule has 2 atom stereocenters. The number of ether oxygens (including phenoxy) is 1. The van der Waals surface area contributed by atoms with Crippen molar-refractivity contribution in [3.8, 4) is 0 Å².